The molecule has 0 fully saturated rings. The van der Waals surface area contributed by atoms with Crippen molar-refractivity contribution in [2.45, 2.75) is 11.9 Å². The van der Waals surface area contributed by atoms with Gasteiger partial charge in [0.25, 0.3) is 9.05 Å². The van der Waals surface area contributed by atoms with Crippen molar-refractivity contribution in [3.63, 3.8) is 0 Å². The molecule has 1 aromatic rings. The van der Waals surface area contributed by atoms with E-state index >= 15 is 0 Å². The monoisotopic (exact) mass is 223 g/mol. The molecule has 0 aromatic carbocycles. The smallest absolute Gasteiger partial charge is 0.352 e. The fourth-order valence-electron chi connectivity index (χ4n) is 0.880. The third kappa shape index (κ3) is 2.02. The van der Waals surface area contributed by atoms with Crippen LogP contribution in [0.25, 0.3) is 0 Å². The molecule has 0 aliphatic heterocycles. The summed E-state index contributed by atoms with van der Waals surface area (Å²) < 4.78 is 21.5. The molecule has 1 aromatic heterocycles. The average molecular weight is 224 g/mol. The summed E-state index contributed by atoms with van der Waals surface area (Å²) in [5.41, 5.74) is 0.158. The van der Waals surface area contributed by atoms with Crippen LogP contribution in [0, 0.1) is 6.92 Å². The fourth-order valence-corrected chi connectivity index (χ4v) is 1.67. The molecule has 5 nitrogen and oxygen atoms in total. The van der Waals surface area contributed by atoms with Gasteiger partial charge in [-0.05, 0) is 18.6 Å². The molecule has 0 radical (unpaired) electrons. The highest BCUT2D eigenvalue weighted by molar-refractivity contribution is 8.13. The predicted molar refractivity (Wildman–Crippen MR) is 45.5 cm³/mol. The number of carboxylic acid groups (broad SMARTS) is 1. The first-order valence-electron chi connectivity index (χ1n) is 3.20. The summed E-state index contributed by atoms with van der Waals surface area (Å²) in [4.78, 5) is 12.7. The van der Waals surface area contributed by atoms with E-state index in [2.05, 4.69) is 4.98 Å². The molecule has 72 valence electrons. The second-order valence-electron chi connectivity index (χ2n) is 2.43. The molecule has 0 aliphatic rings. The van der Waals surface area contributed by atoms with E-state index in [1.165, 1.54) is 13.0 Å². The number of aromatic nitrogens is 1. The Morgan fingerprint density at radius 1 is 1.62 bits per heavy atom. The molecule has 0 saturated carbocycles. The van der Waals surface area contributed by atoms with E-state index in [1.54, 1.807) is 0 Å². The molecule has 0 atom stereocenters. The average Bonchev–Trinajstić information content (AvgIpc) is 2.29. The number of aryl methyl sites for hydroxylation is 1. The molecule has 1 heterocycles. The van der Waals surface area contributed by atoms with Gasteiger partial charge in [-0.1, -0.05) is 0 Å². The number of hydrogen-bond acceptors (Lipinski definition) is 3. The van der Waals surface area contributed by atoms with Gasteiger partial charge >= 0.3 is 5.97 Å². The quantitative estimate of drug-likeness (QED) is 0.731. The molecule has 0 aliphatic carbocycles. The lowest BCUT2D eigenvalue weighted by atomic mass is 10.3. The molecular weight excluding hydrogens is 218 g/mol. The number of nitrogens with one attached hydrogen (secondary N) is 1. The molecule has 7 heteroatoms. The van der Waals surface area contributed by atoms with Gasteiger partial charge in [0.15, 0.2) is 0 Å². The van der Waals surface area contributed by atoms with Crippen molar-refractivity contribution in [2.24, 2.45) is 0 Å². The maximum atomic E-state index is 10.8. The van der Waals surface area contributed by atoms with Crippen LogP contribution in [0.2, 0.25) is 0 Å². The zero-order valence-electron chi connectivity index (χ0n) is 6.54. The standard InChI is InChI=1S/C6H6ClNO4S/c1-3-2-4(13(7,11)12)8-5(3)6(9)10/h2,8H,1H3,(H,9,10). The van der Waals surface area contributed by atoms with Crippen LogP contribution < -0.4 is 0 Å². The van der Waals surface area contributed by atoms with Crippen LogP contribution in [0.1, 0.15) is 16.1 Å². The highest BCUT2D eigenvalue weighted by Gasteiger charge is 2.18. The maximum Gasteiger partial charge on any atom is 0.352 e. The summed E-state index contributed by atoms with van der Waals surface area (Å²) in [7, 11) is 1.11. The maximum absolute atomic E-state index is 10.8. The Hall–Kier alpha value is -1.01. The van der Waals surface area contributed by atoms with Gasteiger partial charge in [-0.2, -0.15) is 0 Å². The largest absolute Gasteiger partial charge is 0.477 e. The first kappa shape index (κ1) is 10.1. The number of H-pyrrole nitrogens is 1. The lowest BCUT2D eigenvalue weighted by molar-refractivity contribution is 0.0690. The Morgan fingerprint density at radius 2 is 2.15 bits per heavy atom. The van der Waals surface area contributed by atoms with Gasteiger partial charge in [0.1, 0.15) is 10.7 Å². The van der Waals surface area contributed by atoms with E-state index in [1.807, 2.05) is 0 Å². The number of carboxylic acids is 1. The Morgan fingerprint density at radius 3 is 2.38 bits per heavy atom. The molecule has 1 rings (SSSR count). The SMILES string of the molecule is Cc1cc(S(=O)(=O)Cl)[nH]c1C(=O)O. The number of halogens is 1. The highest BCUT2D eigenvalue weighted by Crippen LogP contribution is 2.17. The number of aromatic carboxylic acids is 1. The van der Waals surface area contributed by atoms with Gasteiger partial charge in [0.05, 0.1) is 0 Å². The van der Waals surface area contributed by atoms with Crippen LogP contribution in [-0.2, 0) is 9.05 Å². The lowest BCUT2D eigenvalue weighted by Crippen LogP contribution is -1.99. The van der Waals surface area contributed by atoms with Gasteiger partial charge in [-0.25, -0.2) is 13.2 Å². The highest BCUT2D eigenvalue weighted by atomic mass is 35.7. The normalized spacial score (nSPS) is 11.5. The van der Waals surface area contributed by atoms with Crippen LogP contribution in [0.4, 0.5) is 0 Å². The third-order valence-corrected chi connectivity index (χ3v) is 2.71. The van der Waals surface area contributed by atoms with E-state index in [4.69, 9.17) is 15.8 Å². The van der Waals surface area contributed by atoms with Crippen molar-refractivity contribution >= 4 is 25.7 Å². The lowest BCUT2D eigenvalue weighted by Gasteiger charge is -1.89. The van der Waals surface area contributed by atoms with Gasteiger partial charge < -0.3 is 10.1 Å². The summed E-state index contributed by atoms with van der Waals surface area (Å²) in [5, 5.41) is 8.27. The first-order chi connectivity index (χ1) is 5.82. The predicted octanol–water partition coefficient (Wildman–Crippen LogP) is 0.949. The van der Waals surface area contributed by atoms with Crippen LogP contribution in [0.15, 0.2) is 11.1 Å². The fraction of sp³-hybridized carbons (Fsp3) is 0.167. The molecule has 13 heavy (non-hydrogen) atoms. The minimum absolute atomic E-state index is 0.167. The van der Waals surface area contributed by atoms with E-state index in [-0.39, 0.29) is 10.7 Å². The molecule has 0 spiro atoms. The van der Waals surface area contributed by atoms with E-state index in [0.29, 0.717) is 5.56 Å². The Bertz CT molecular complexity index is 447. The minimum Gasteiger partial charge on any atom is -0.477 e. The van der Waals surface area contributed by atoms with Crippen molar-refractivity contribution in [2.75, 3.05) is 0 Å². The van der Waals surface area contributed by atoms with E-state index in [9.17, 15) is 13.2 Å². The van der Waals surface area contributed by atoms with E-state index < -0.39 is 15.0 Å². The van der Waals surface area contributed by atoms with Crippen molar-refractivity contribution in [3.8, 4) is 0 Å². The zero-order chi connectivity index (χ0) is 10.2. The van der Waals surface area contributed by atoms with Gasteiger partial charge in [0, 0.05) is 10.7 Å². The molecule has 0 unspecified atom stereocenters. The van der Waals surface area contributed by atoms with Crippen molar-refractivity contribution in [1.29, 1.82) is 0 Å². The van der Waals surface area contributed by atoms with Crippen LogP contribution >= 0.6 is 10.7 Å². The zero-order valence-corrected chi connectivity index (χ0v) is 8.11. The molecule has 0 bridgehead atoms. The van der Waals surface area contributed by atoms with Gasteiger partial charge in [-0.15, -0.1) is 0 Å². The van der Waals surface area contributed by atoms with Gasteiger partial charge in [-0.3, -0.25) is 0 Å². The summed E-state index contributed by atoms with van der Waals surface area (Å²) in [6.07, 6.45) is 0. The summed E-state index contributed by atoms with van der Waals surface area (Å²) in [6, 6.07) is 1.17. The number of hydrogen-bond donors (Lipinski definition) is 2. The third-order valence-electron chi connectivity index (χ3n) is 1.47. The summed E-state index contributed by atoms with van der Waals surface area (Å²) >= 11 is 0. The van der Waals surface area contributed by atoms with Crippen molar-refractivity contribution < 1.29 is 18.3 Å². The molecule has 0 amide bonds. The van der Waals surface area contributed by atoms with Gasteiger partial charge in [0.2, 0.25) is 0 Å². The van der Waals surface area contributed by atoms with Crippen LogP contribution in [0.5, 0.6) is 0 Å². The minimum atomic E-state index is -3.88. The topological polar surface area (TPSA) is 87.2 Å². The van der Waals surface area contributed by atoms with Crippen LogP contribution in [-0.4, -0.2) is 24.5 Å². The summed E-state index contributed by atoms with van der Waals surface area (Å²) in [6.45, 7) is 1.48. The number of aromatic amines is 1. The Labute approximate surface area is 78.8 Å². The second kappa shape index (κ2) is 3.04. The first-order valence-corrected chi connectivity index (χ1v) is 5.51. The second-order valence-corrected chi connectivity index (χ2v) is 4.97. The van der Waals surface area contributed by atoms with Crippen LogP contribution in [0.3, 0.4) is 0 Å². The molecular formula is C6H6ClNO4S. The Kier molecular flexibility index (Phi) is 2.36. The van der Waals surface area contributed by atoms with E-state index in [0.717, 1.165) is 0 Å². The molecule has 0 saturated heterocycles. The van der Waals surface area contributed by atoms with Crippen molar-refractivity contribution in [1.82, 2.24) is 4.98 Å². The summed E-state index contributed by atoms with van der Waals surface area (Å²) in [5.74, 6) is -1.22. The number of rotatable bonds is 2. The number of carbonyl (C=O) groups is 1. The Balaban J connectivity index is 3.33. The van der Waals surface area contributed by atoms with Crippen molar-refractivity contribution in [3.05, 3.63) is 17.3 Å². The molecule has 2 N–H and O–H groups in total.